The van der Waals surface area contributed by atoms with Crippen LogP contribution in [0.4, 0.5) is 4.39 Å². The van der Waals surface area contributed by atoms with Crippen LogP contribution in [0.3, 0.4) is 0 Å². The van der Waals surface area contributed by atoms with Gasteiger partial charge in [-0.3, -0.25) is 0 Å². The molecule has 0 nitrogen and oxygen atoms in total. The molecule has 1 aliphatic carbocycles. The van der Waals surface area contributed by atoms with Crippen LogP contribution in [0.15, 0.2) is 52.3 Å². The van der Waals surface area contributed by atoms with Gasteiger partial charge in [0.05, 0.1) is 0 Å². The summed E-state index contributed by atoms with van der Waals surface area (Å²) in [5.74, 6) is -0.0226. The van der Waals surface area contributed by atoms with E-state index >= 15 is 0 Å². The number of aryl methyl sites for hydroxylation is 1. The van der Waals surface area contributed by atoms with Gasteiger partial charge in [0.2, 0.25) is 0 Å². The number of fused-ring (bicyclic) bond motifs is 1. The lowest BCUT2D eigenvalue weighted by molar-refractivity contribution is 0.574. The topological polar surface area (TPSA) is 0 Å². The van der Waals surface area contributed by atoms with E-state index < -0.39 is 0 Å². The van der Waals surface area contributed by atoms with Crippen molar-refractivity contribution in [3.05, 3.63) is 59.4 Å². The molecule has 2 heteroatoms. The van der Waals surface area contributed by atoms with Gasteiger partial charge in [-0.2, -0.15) is 0 Å². The Labute approximate surface area is 125 Å². The summed E-state index contributed by atoms with van der Waals surface area (Å²) in [7, 11) is 0. The third-order valence-corrected chi connectivity index (χ3v) is 4.34. The molecule has 0 atom stereocenters. The molecule has 20 heavy (non-hydrogen) atoms. The molecule has 2 aromatic rings. The van der Waals surface area contributed by atoms with Crippen molar-refractivity contribution in [1.29, 1.82) is 0 Å². The van der Waals surface area contributed by atoms with E-state index in [1.165, 1.54) is 12.0 Å². The maximum atomic E-state index is 14.0. The van der Waals surface area contributed by atoms with Crippen LogP contribution in [-0.2, 0) is 12.8 Å². The monoisotopic (exact) mass is 288 g/mol. The third kappa shape index (κ3) is 3.63. The maximum absolute atomic E-state index is 14.0. The molecule has 0 spiro atoms. The minimum Gasteiger partial charge on any atom is -0.207 e. The van der Waals surface area contributed by atoms with Crippen LogP contribution in [0.1, 0.15) is 37.8 Å². The van der Waals surface area contributed by atoms with Gasteiger partial charge in [-0.25, -0.2) is 4.39 Å². The summed E-state index contributed by atoms with van der Waals surface area (Å²) >= 11 is 1.63. The highest BCUT2D eigenvalue weighted by molar-refractivity contribution is 7.99. The normalized spacial score (nSPS) is 13.2. The molecular formula is C18H21FS. The summed E-state index contributed by atoms with van der Waals surface area (Å²) in [5.41, 5.74) is 2.15. The van der Waals surface area contributed by atoms with Gasteiger partial charge < -0.3 is 0 Å². The molecule has 0 amide bonds. The van der Waals surface area contributed by atoms with E-state index in [0.29, 0.717) is 0 Å². The SMILES string of the molecule is CC.Fc1cc(Sc2ccccc2)cc2c1CCCC2. The molecule has 0 N–H and O–H groups in total. The molecule has 0 radical (unpaired) electrons. The first kappa shape index (κ1) is 15.1. The molecular weight excluding hydrogens is 267 g/mol. The number of benzene rings is 2. The van der Waals surface area contributed by atoms with Gasteiger partial charge in [0.25, 0.3) is 0 Å². The fourth-order valence-corrected chi connectivity index (χ4v) is 3.40. The molecule has 0 saturated carbocycles. The van der Waals surface area contributed by atoms with Crippen LogP contribution in [0, 0.1) is 5.82 Å². The summed E-state index contributed by atoms with van der Waals surface area (Å²) in [6.07, 6.45) is 4.23. The van der Waals surface area contributed by atoms with Gasteiger partial charge in [0.15, 0.2) is 0 Å². The van der Waals surface area contributed by atoms with E-state index in [1.807, 2.05) is 32.0 Å². The number of hydrogen-bond acceptors (Lipinski definition) is 1. The first-order valence-electron chi connectivity index (χ1n) is 7.37. The third-order valence-electron chi connectivity index (χ3n) is 3.36. The largest absolute Gasteiger partial charge is 0.207 e. The van der Waals surface area contributed by atoms with Gasteiger partial charge >= 0.3 is 0 Å². The van der Waals surface area contributed by atoms with Gasteiger partial charge in [-0.1, -0.05) is 43.8 Å². The minimum atomic E-state index is -0.0226. The van der Waals surface area contributed by atoms with Gasteiger partial charge in [0, 0.05) is 9.79 Å². The summed E-state index contributed by atoms with van der Waals surface area (Å²) in [4.78, 5) is 2.17. The summed E-state index contributed by atoms with van der Waals surface area (Å²) in [6, 6.07) is 14.0. The number of hydrogen-bond donors (Lipinski definition) is 0. The molecule has 0 unspecified atom stereocenters. The average molecular weight is 288 g/mol. The van der Waals surface area contributed by atoms with Crippen LogP contribution in [0.5, 0.6) is 0 Å². The Kier molecular flexibility index (Phi) is 5.66. The zero-order valence-corrected chi connectivity index (χ0v) is 13.0. The Bertz CT molecular complexity index is 549. The molecule has 0 bridgehead atoms. The van der Waals surface area contributed by atoms with Crippen molar-refractivity contribution in [1.82, 2.24) is 0 Å². The molecule has 0 fully saturated rings. The predicted octanol–water partition coefficient (Wildman–Crippen LogP) is 5.88. The summed E-state index contributed by atoms with van der Waals surface area (Å²) < 4.78 is 14.0. The van der Waals surface area contributed by atoms with Crippen molar-refractivity contribution in [2.45, 2.75) is 49.3 Å². The van der Waals surface area contributed by atoms with E-state index in [-0.39, 0.29) is 5.82 Å². The molecule has 0 aliphatic heterocycles. The minimum absolute atomic E-state index is 0.0226. The van der Waals surface area contributed by atoms with E-state index in [2.05, 4.69) is 18.2 Å². The molecule has 2 aromatic carbocycles. The Balaban J connectivity index is 0.000000704. The van der Waals surface area contributed by atoms with E-state index in [9.17, 15) is 4.39 Å². The molecule has 1 aliphatic rings. The van der Waals surface area contributed by atoms with Crippen molar-refractivity contribution >= 4 is 11.8 Å². The molecule has 0 aromatic heterocycles. The second-order valence-corrected chi connectivity index (χ2v) is 5.81. The van der Waals surface area contributed by atoms with Crippen molar-refractivity contribution in [2.24, 2.45) is 0 Å². The van der Waals surface area contributed by atoms with E-state index in [1.54, 1.807) is 17.8 Å². The molecule has 0 saturated heterocycles. The molecule has 106 valence electrons. The summed E-state index contributed by atoms with van der Waals surface area (Å²) in [5, 5.41) is 0. The fourth-order valence-electron chi connectivity index (χ4n) is 2.47. The first-order chi connectivity index (χ1) is 9.83. The highest BCUT2D eigenvalue weighted by atomic mass is 32.2. The van der Waals surface area contributed by atoms with Crippen LogP contribution in [-0.4, -0.2) is 0 Å². The lowest BCUT2D eigenvalue weighted by atomic mass is 9.91. The second kappa shape index (κ2) is 7.49. The highest BCUT2D eigenvalue weighted by Gasteiger charge is 2.15. The lowest BCUT2D eigenvalue weighted by Crippen LogP contribution is -2.05. The maximum Gasteiger partial charge on any atom is 0.127 e. The second-order valence-electron chi connectivity index (χ2n) is 4.66. The van der Waals surface area contributed by atoms with Crippen LogP contribution < -0.4 is 0 Å². The highest BCUT2D eigenvalue weighted by Crippen LogP contribution is 2.33. The average Bonchev–Trinajstić information content (AvgIpc) is 2.50. The van der Waals surface area contributed by atoms with Crippen molar-refractivity contribution in [3.8, 4) is 0 Å². The van der Waals surface area contributed by atoms with Crippen molar-refractivity contribution in [3.63, 3.8) is 0 Å². The van der Waals surface area contributed by atoms with Crippen molar-refractivity contribution < 1.29 is 4.39 Å². The van der Waals surface area contributed by atoms with Gasteiger partial charge in [0.1, 0.15) is 5.82 Å². The zero-order valence-electron chi connectivity index (χ0n) is 12.2. The number of halogens is 1. The standard InChI is InChI=1S/C16H15FS.C2H6/c17-16-11-14(18-13-7-2-1-3-8-13)10-12-6-4-5-9-15(12)16;1-2/h1-3,7-8,10-11H,4-6,9H2;1-2H3. The molecule has 0 heterocycles. The fraction of sp³-hybridized carbons (Fsp3) is 0.333. The van der Waals surface area contributed by atoms with Crippen LogP contribution >= 0.6 is 11.8 Å². The smallest absolute Gasteiger partial charge is 0.127 e. The predicted molar refractivity (Wildman–Crippen MR) is 85.0 cm³/mol. The van der Waals surface area contributed by atoms with E-state index in [0.717, 1.165) is 34.6 Å². The Morgan fingerprint density at radius 2 is 1.60 bits per heavy atom. The zero-order chi connectivity index (χ0) is 14.4. The van der Waals surface area contributed by atoms with Crippen LogP contribution in [0.25, 0.3) is 0 Å². The molecule has 3 rings (SSSR count). The number of rotatable bonds is 2. The Morgan fingerprint density at radius 3 is 2.35 bits per heavy atom. The Hall–Kier alpha value is -1.28. The lowest BCUT2D eigenvalue weighted by Gasteiger charge is -2.17. The van der Waals surface area contributed by atoms with Gasteiger partial charge in [-0.05, 0) is 61.1 Å². The summed E-state index contributed by atoms with van der Waals surface area (Å²) in [6.45, 7) is 4.00. The van der Waals surface area contributed by atoms with E-state index in [4.69, 9.17) is 0 Å². The van der Waals surface area contributed by atoms with Gasteiger partial charge in [-0.15, -0.1) is 0 Å². The first-order valence-corrected chi connectivity index (χ1v) is 8.19. The van der Waals surface area contributed by atoms with Crippen molar-refractivity contribution in [2.75, 3.05) is 0 Å². The Morgan fingerprint density at radius 1 is 0.900 bits per heavy atom. The van der Waals surface area contributed by atoms with Crippen LogP contribution in [0.2, 0.25) is 0 Å². The quantitative estimate of drug-likeness (QED) is 0.664.